The number of carboxylic acid groups (broad SMARTS) is 1. The van der Waals surface area contributed by atoms with Gasteiger partial charge in [-0.2, -0.15) is 4.98 Å². The van der Waals surface area contributed by atoms with Crippen molar-refractivity contribution >= 4 is 29.1 Å². The third kappa shape index (κ3) is 3.29. The van der Waals surface area contributed by atoms with Crippen molar-refractivity contribution in [3.63, 3.8) is 0 Å². The predicted molar refractivity (Wildman–Crippen MR) is 78.4 cm³/mol. The molecule has 0 radical (unpaired) electrons. The first-order chi connectivity index (χ1) is 10.2. The molecule has 106 valence electrons. The number of carboxylic acids is 1. The van der Waals surface area contributed by atoms with Gasteiger partial charge in [0.25, 0.3) is 5.89 Å². The first kappa shape index (κ1) is 13.8. The second-order valence-corrected chi connectivity index (χ2v) is 5.91. The summed E-state index contributed by atoms with van der Waals surface area (Å²) in [5, 5.41) is 15.4. The summed E-state index contributed by atoms with van der Waals surface area (Å²) in [5.74, 6) is 0.530. The van der Waals surface area contributed by atoms with Crippen LogP contribution in [0.15, 0.2) is 45.4 Å². The fraction of sp³-hybridized carbons (Fsp3) is 0.0769. The lowest BCUT2D eigenvalue weighted by atomic mass is 10.3. The fourth-order valence-corrected chi connectivity index (χ4v) is 2.96. The van der Waals surface area contributed by atoms with Crippen LogP contribution in [0.1, 0.15) is 16.2 Å². The molecule has 0 bridgehead atoms. The van der Waals surface area contributed by atoms with Crippen LogP contribution in [-0.4, -0.2) is 26.2 Å². The molecule has 0 aromatic carbocycles. The number of carbonyl (C=O) groups is 1. The van der Waals surface area contributed by atoms with Crippen LogP contribution in [0.3, 0.4) is 0 Å². The second kappa shape index (κ2) is 6.06. The van der Waals surface area contributed by atoms with Crippen molar-refractivity contribution in [3.05, 3.63) is 47.2 Å². The molecule has 1 N–H and O–H groups in total. The minimum absolute atomic E-state index is 0.208. The van der Waals surface area contributed by atoms with Gasteiger partial charge in [-0.25, -0.2) is 9.78 Å². The molecule has 0 aliphatic rings. The molecule has 0 saturated carbocycles. The Morgan fingerprint density at radius 2 is 2.33 bits per heavy atom. The van der Waals surface area contributed by atoms with Crippen LogP contribution in [0.4, 0.5) is 0 Å². The Hall–Kier alpha value is -2.19. The minimum atomic E-state index is -0.973. The van der Waals surface area contributed by atoms with Crippen molar-refractivity contribution in [3.8, 4) is 10.8 Å². The van der Waals surface area contributed by atoms with E-state index in [1.165, 1.54) is 41.4 Å². The molecule has 0 aliphatic carbocycles. The van der Waals surface area contributed by atoms with Crippen molar-refractivity contribution in [1.29, 1.82) is 0 Å². The molecule has 0 saturated heterocycles. The molecular formula is C13H9N3O3S2. The first-order valence-corrected chi connectivity index (χ1v) is 7.77. The average molecular weight is 319 g/mol. The molecule has 6 nitrogen and oxygen atoms in total. The number of hydrogen-bond acceptors (Lipinski definition) is 7. The molecule has 21 heavy (non-hydrogen) atoms. The molecule has 3 rings (SSSR count). The van der Waals surface area contributed by atoms with Gasteiger partial charge in [0, 0.05) is 6.20 Å². The Morgan fingerprint density at radius 1 is 1.43 bits per heavy atom. The van der Waals surface area contributed by atoms with E-state index >= 15 is 0 Å². The molecule has 3 heterocycles. The third-order valence-corrected chi connectivity index (χ3v) is 4.31. The lowest BCUT2D eigenvalue weighted by molar-refractivity contribution is 0.0696. The molecule has 0 aliphatic heterocycles. The minimum Gasteiger partial charge on any atom is -0.478 e. The molecule has 0 spiro atoms. The summed E-state index contributed by atoms with van der Waals surface area (Å²) in [6, 6.07) is 6.80. The maximum atomic E-state index is 10.9. The zero-order chi connectivity index (χ0) is 14.7. The Kier molecular flexibility index (Phi) is 3.98. The van der Waals surface area contributed by atoms with Gasteiger partial charge in [0.15, 0.2) is 5.82 Å². The summed E-state index contributed by atoms with van der Waals surface area (Å²) >= 11 is 2.89. The highest BCUT2D eigenvalue weighted by Crippen LogP contribution is 2.25. The van der Waals surface area contributed by atoms with Gasteiger partial charge in [0.1, 0.15) is 0 Å². The molecular weight excluding hydrogens is 310 g/mol. The number of aromatic carboxylic acids is 1. The van der Waals surface area contributed by atoms with Gasteiger partial charge in [0.05, 0.1) is 21.2 Å². The predicted octanol–water partition coefficient (Wildman–Crippen LogP) is 3.18. The van der Waals surface area contributed by atoms with E-state index in [-0.39, 0.29) is 5.56 Å². The molecule has 0 atom stereocenters. The van der Waals surface area contributed by atoms with Crippen molar-refractivity contribution in [1.82, 2.24) is 15.1 Å². The van der Waals surface area contributed by atoms with Crippen molar-refractivity contribution < 1.29 is 14.4 Å². The Bertz CT molecular complexity index is 756. The van der Waals surface area contributed by atoms with Crippen LogP contribution >= 0.6 is 23.1 Å². The number of thiophene rings is 1. The third-order valence-electron chi connectivity index (χ3n) is 2.53. The zero-order valence-corrected chi connectivity index (χ0v) is 12.2. The summed E-state index contributed by atoms with van der Waals surface area (Å²) in [4.78, 5) is 20.2. The molecule has 8 heteroatoms. The van der Waals surface area contributed by atoms with E-state index in [1.54, 1.807) is 0 Å². The van der Waals surface area contributed by atoms with Gasteiger partial charge in [-0.3, -0.25) is 0 Å². The van der Waals surface area contributed by atoms with Gasteiger partial charge in [-0.1, -0.05) is 23.0 Å². The number of thioether (sulfide) groups is 1. The van der Waals surface area contributed by atoms with Crippen LogP contribution in [0, 0.1) is 0 Å². The molecule has 0 unspecified atom stereocenters. The van der Waals surface area contributed by atoms with E-state index in [1.807, 2.05) is 17.5 Å². The Labute approximate surface area is 127 Å². The maximum Gasteiger partial charge on any atom is 0.335 e. The summed E-state index contributed by atoms with van der Waals surface area (Å²) in [5.41, 5.74) is 0.208. The zero-order valence-electron chi connectivity index (χ0n) is 10.6. The lowest BCUT2D eigenvalue weighted by Gasteiger charge is -1.99. The van der Waals surface area contributed by atoms with Crippen molar-refractivity contribution in [2.75, 3.05) is 0 Å². The van der Waals surface area contributed by atoms with Crippen LogP contribution < -0.4 is 0 Å². The van der Waals surface area contributed by atoms with Gasteiger partial charge in [-0.05, 0) is 23.6 Å². The monoisotopic (exact) mass is 319 g/mol. The number of rotatable bonds is 5. The highest BCUT2D eigenvalue weighted by Gasteiger charge is 2.11. The van der Waals surface area contributed by atoms with Crippen molar-refractivity contribution in [2.24, 2.45) is 0 Å². The maximum absolute atomic E-state index is 10.9. The topological polar surface area (TPSA) is 89.1 Å². The summed E-state index contributed by atoms with van der Waals surface area (Å²) in [6.45, 7) is 0. The van der Waals surface area contributed by atoms with E-state index in [0.717, 1.165) is 4.88 Å². The lowest BCUT2D eigenvalue weighted by Crippen LogP contribution is -1.97. The summed E-state index contributed by atoms with van der Waals surface area (Å²) < 4.78 is 5.18. The second-order valence-electron chi connectivity index (χ2n) is 3.97. The fourth-order valence-electron chi connectivity index (χ4n) is 1.57. The number of hydrogen-bond donors (Lipinski definition) is 1. The Morgan fingerprint density at radius 3 is 3.10 bits per heavy atom. The largest absolute Gasteiger partial charge is 0.478 e. The van der Waals surface area contributed by atoms with Gasteiger partial charge >= 0.3 is 5.97 Å². The first-order valence-electron chi connectivity index (χ1n) is 5.91. The SMILES string of the molecule is O=C(O)c1ccnc(SCc2noc(-c3cccs3)n2)c1. The normalized spacial score (nSPS) is 10.7. The number of pyridine rings is 1. The average Bonchev–Trinajstić information content (AvgIpc) is 3.16. The molecule has 0 fully saturated rings. The van der Waals surface area contributed by atoms with E-state index in [4.69, 9.17) is 9.63 Å². The van der Waals surface area contributed by atoms with Gasteiger partial charge in [0.2, 0.25) is 0 Å². The highest BCUT2D eigenvalue weighted by molar-refractivity contribution is 7.98. The van der Waals surface area contributed by atoms with Gasteiger partial charge in [-0.15, -0.1) is 11.3 Å². The van der Waals surface area contributed by atoms with Crippen molar-refractivity contribution in [2.45, 2.75) is 10.8 Å². The van der Waals surface area contributed by atoms with Gasteiger partial charge < -0.3 is 9.63 Å². The van der Waals surface area contributed by atoms with E-state index in [2.05, 4.69) is 15.1 Å². The van der Waals surface area contributed by atoms with Crippen LogP contribution in [0.5, 0.6) is 0 Å². The Balaban J connectivity index is 1.68. The highest BCUT2D eigenvalue weighted by atomic mass is 32.2. The van der Waals surface area contributed by atoms with Crippen LogP contribution in [-0.2, 0) is 5.75 Å². The smallest absolute Gasteiger partial charge is 0.335 e. The summed E-state index contributed by atoms with van der Waals surface area (Å²) in [6.07, 6.45) is 1.47. The molecule has 3 aromatic rings. The van der Waals surface area contributed by atoms with E-state index in [0.29, 0.717) is 22.5 Å². The van der Waals surface area contributed by atoms with Crippen LogP contribution in [0.25, 0.3) is 10.8 Å². The van der Waals surface area contributed by atoms with E-state index < -0.39 is 5.97 Å². The molecule has 3 aromatic heterocycles. The van der Waals surface area contributed by atoms with Crippen LogP contribution in [0.2, 0.25) is 0 Å². The quantitative estimate of drug-likeness (QED) is 0.722. The summed E-state index contributed by atoms with van der Waals surface area (Å²) in [7, 11) is 0. The standard InChI is InChI=1S/C13H9N3O3S2/c17-13(18)8-3-4-14-11(6-8)21-7-10-15-12(19-16-10)9-2-1-5-20-9/h1-6H,7H2,(H,17,18). The molecule has 0 amide bonds. The van der Waals surface area contributed by atoms with E-state index in [9.17, 15) is 4.79 Å². The number of nitrogens with zero attached hydrogens (tertiary/aromatic N) is 3. The number of aromatic nitrogens is 3.